The normalized spacial score (nSPS) is 17.4. The third-order valence-corrected chi connectivity index (χ3v) is 5.91. The van der Waals surface area contributed by atoms with E-state index in [0.717, 1.165) is 13.1 Å². The van der Waals surface area contributed by atoms with Gasteiger partial charge in [-0.3, -0.25) is 0 Å². The molecule has 1 N–H and O–H groups in total. The minimum Gasteiger partial charge on any atom is -0.444 e. The summed E-state index contributed by atoms with van der Waals surface area (Å²) in [6, 6.07) is 9.29. The number of quaternary nitrogens is 1. The Labute approximate surface area is 165 Å². The standard InChI is InChI=1S/C23H31N3.CH4/c1-15-11-17(3)21(18(4)12-15)25-9-7-24-8-10-26(23(24)25)22-19(5)13-16(2)14-20(22)6;/h11-14,24H,7-10H2,1-6H3;1H4. The van der Waals surface area contributed by atoms with Gasteiger partial charge < -0.3 is 14.7 Å². The fourth-order valence-corrected chi connectivity index (χ4v) is 5.21. The number of rotatable bonds is 2. The van der Waals surface area contributed by atoms with Gasteiger partial charge in [0.25, 0.3) is 0 Å². The predicted molar refractivity (Wildman–Crippen MR) is 117 cm³/mol. The maximum absolute atomic E-state index is 2.59. The van der Waals surface area contributed by atoms with Gasteiger partial charge in [-0.2, -0.15) is 0 Å². The van der Waals surface area contributed by atoms with E-state index < -0.39 is 0 Å². The zero-order valence-electron chi connectivity index (χ0n) is 17.0. The van der Waals surface area contributed by atoms with Crippen LogP contribution in [0.15, 0.2) is 24.3 Å². The Morgan fingerprint density at radius 2 is 1.00 bits per heavy atom. The Hall–Kier alpha value is -2.00. The molecule has 0 bridgehead atoms. The summed E-state index contributed by atoms with van der Waals surface area (Å²) in [4.78, 5) is 6.81. The van der Waals surface area contributed by atoms with Crippen LogP contribution in [0.25, 0.3) is 0 Å². The monoisotopic (exact) mass is 365 g/mol. The van der Waals surface area contributed by atoms with Crippen molar-refractivity contribution >= 4 is 11.4 Å². The lowest BCUT2D eigenvalue weighted by Crippen LogP contribution is -3.10. The van der Waals surface area contributed by atoms with E-state index in [4.69, 9.17) is 0 Å². The quantitative estimate of drug-likeness (QED) is 0.811. The number of anilines is 2. The van der Waals surface area contributed by atoms with Gasteiger partial charge in [-0.25, -0.2) is 0 Å². The number of hydrogen-bond acceptors (Lipinski definition) is 2. The molecule has 2 aliphatic rings. The molecule has 2 aromatic rings. The summed E-state index contributed by atoms with van der Waals surface area (Å²) in [6.07, 6.45) is 1.45. The average molecular weight is 366 g/mol. The number of nitrogens with zero attached hydrogens (tertiary/aromatic N) is 2. The number of aryl methyl sites for hydroxylation is 6. The highest BCUT2D eigenvalue weighted by Crippen LogP contribution is 2.36. The fraction of sp³-hybridized carbons (Fsp3) is 0.458. The summed E-state index contributed by atoms with van der Waals surface area (Å²) in [5, 5.41) is 0. The lowest BCUT2D eigenvalue weighted by molar-refractivity contribution is -0.861. The van der Waals surface area contributed by atoms with Gasteiger partial charge in [-0.15, -0.1) is 0 Å². The second-order valence-electron chi connectivity index (χ2n) is 8.23. The van der Waals surface area contributed by atoms with Gasteiger partial charge in [-0.1, -0.05) is 42.8 Å². The van der Waals surface area contributed by atoms with E-state index in [9.17, 15) is 0 Å². The first-order valence-corrected chi connectivity index (χ1v) is 9.79. The van der Waals surface area contributed by atoms with Crippen LogP contribution in [0.1, 0.15) is 40.8 Å². The third-order valence-electron chi connectivity index (χ3n) is 5.91. The molecular formula is C24H35N3. The summed E-state index contributed by atoms with van der Waals surface area (Å²) in [6.45, 7) is 18.0. The first-order valence-electron chi connectivity index (χ1n) is 9.79. The zero-order valence-corrected chi connectivity index (χ0v) is 17.0. The first kappa shape index (κ1) is 19.8. The second-order valence-corrected chi connectivity index (χ2v) is 8.23. The van der Waals surface area contributed by atoms with Crippen molar-refractivity contribution in [2.24, 2.45) is 0 Å². The molecule has 2 aromatic carbocycles. The van der Waals surface area contributed by atoms with E-state index in [-0.39, 0.29) is 7.43 Å². The van der Waals surface area contributed by atoms with Crippen molar-refractivity contribution in [3.8, 4) is 0 Å². The molecular weight excluding hydrogens is 330 g/mol. The van der Waals surface area contributed by atoms with Crippen LogP contribution in [0.5, 0.6) is 0 Å². The lowest BCUT2D eigenvalue weighted by atomic mass is 10.0. The molecule has 27 heavy (non-hydrogen) atoms. The molecule has 2 saturated heterocycles. The Kier molecular flexibility index (Phi) is 5.27. The van der Waals surface area contributed by atoms with Crippen LogP contribution in [0.3, 0.4) is 0 Å². The highest BCUT2D eigenvalue weighted by molar-refractivity contribution is 5.68. The van der Waals surface area contributed by atoms with E-state index in [2.05, 4.69) is 75.6 Å². The van der Waals surface area contributed by atoms with Gasteiger partial charge in [0.1, 0.15) is 0 Å². The molecule has 2 aliphatic heterocycles. The van der Waals surface area contributed by atoms with E-state index in [1.165, 1.54) is 64.1 Å². The van der Waals surface area contributed by atoms with Crippen LogP contribution >= 0.6 is 0 Å². The highest BCUT2D eigenvalue weighted by atomic mass is 15.6. The Balaban J connectivity index is 0.00000210. The van der Waals surface area contributed by atoms with Gasteiger partial charge in [0, 0.05) is 24.5 Å². The van der Waals surface area contributed by atoms with Crippen molar-refractivity contribution in [3.05, 3.63) is 63.9 Å². The Morgan fingerprint density at radius 1 is 0.667 bits per heavy atom. The van der Waals surface area contributed by atoms with Gasteiger partial charge in [-0.05, 0) is 63.8 Å². The molecule has 0 radical (unpaired) electrons. The van der Waals surface area contributed by atoms with Crippen LogP contribution in [-0.2, 0) is 0 Å². The largest absolute Gasteiger partial charge is 0.444 e. The number of fused-ring (bicyclic) bond motifs is 1. The predicted octanol–water partition coefficient (Wildman–Crippen LogP) is 3.85. The summed E-state index contributed by atoms with van der Waals surface area (Å²) in [7, 11) is 0. The van der Waals surface area contributed by atoms with Crippen molar-refractivity contribution < 1.29 is 4.90 Å². The van der Waals surface area contributed by atoms with Gasteiger partial charge in [0.15, 0.2) is 0 Å². The molecule has 0 spiro atoms. The van der Waals surface area contributed by atoms with Crippen LogP contribution in [-0.4, -0.2) is 26.2 Å². The molecule has 4 rings (SSSR count). The molecule has 3 heteroatoms. The molecule has 146 valence electrons. The summed E-state index contributed by atoms with van der Waals surface area (Å²) in [5.41, 5.74) is 11.1. The smallest absolute Gasteiger partial charge is 0.0715 e. The topological polar surface area (TPSA) is 10.9 Å². The third kappa shape index (κ3) is 3.23. The van der Waals surface area contributed by atoms with E-state index in [0.29, 0.717) is 0 Å². The van der Waals surface area contributed by atoms with Crippen molar-refractivity contribution in [1.29, 1.82) is 0 Å². The average Bonchev–Trinajstić information content (AvgIpc) is 3.09. The molecule has 0 unspecified atom stereocenters. The van der Waals surface area contributed by atoms with E-state index in [1.54, 1.807) is 4.90 Å². The van der Waals surface area contributed by atoms with Crippen molar-refractivity contribution in [3.63, 3.8) is 0 Å². The minimum absolute atomic E-state index is 0. The van der Waals surface area contributed by atoms with E-state index in [1.807, 2.05) is 0 Å². The summed E-state index contributed by atoms with van der Waals surface area (Å²) >= 11 is 0. The van der Waals surface area contributed by atoms with Crippen molar-refractivity contribution in [2.75, 3.05) is 36.0 Å². The minimum atomic E-state index is 0. The number of benzene rings is 2. The Bertz CT molecular complexity index is 739. The fourth-order valence-electron chi connectivity index (χ4n) is 5.21. The van der Waals surface area contributed by atoms with Crippen molar-refractivity contribution in [1.82, 2.24) is 0 Å². The molecule has 0 amide bonds. The van der Waals surface area contributed by atoms with Crippen molar-refractivity contribution in [2.45, 2.75) is 49.0 Å². The zero-order chi connectivity index (χ0) is 18.6. The second kappa shape index (κ2) is 7.20. The maximum Gasteiger partial charge on any atom is 0.0715 e. The first-order chi connectivity index (χ1) is 12.4. The van der Waals surface area contributed by atoms with Crippen LogP contribution < -0.4 is 14.7 Å². The van der Waals surface area contributed by atoms with Crippen LogP contribution in [0.4, 0.5) is 11.4 Å². The molecule has 0 saturated carbocycles. The molecule has 0 atom stereocenters. The summed E-state index contributed by atoms with van der Waals surface area (Å²) < 4.78 is 0. The Morgan fingerprint density at radius 3 is 1.33 bits per heavy atom. The molecule has 3 nitrogen and oxygen atoms in total. The number of nitrogens with one attached hydrogen (secondary N) is 1. The molecule has 0 aliphatic carbocycles. The number of hydrogen-bond donors (Lipinski definition) is 1. The highest BCUT2D eigenvalue weighted by Gasteiger charge is 2.36. The lowest BCUT2D eigenvalue weighted by Gasteiger charge is -2.45. The van der Waals surface area contributed by atoms with Gasteiger partial charge in [0.2, 0.25) is 0 Å². The maximum atomic E-state index is 2.59. The van der Waals surface area contributed by atoms with Crippen LogP contribution in [0.2, 0.25) is 0 Å². The summed E-state index contributed by atoms with van der Waals surface area (Å²) in [5.74, 6) is 0. The van der Waals surface area contributed by atoms with E-state index >= 15 is 0 Å². The molecule has 0 aromatic heterocycles. The van der Waals surface area contributed by atoms with Gasteiger partial charge in [0.05, 0.1) is 19.4 Å². The van der Waals surface area contributed by atoms with Gasteiger partial charge >= 0.3 is 0 Å². The molecule has 2 fully saturated rings. The van der Waals surface area contributed by atoms with Crippen LogP contribution in [0, 0.1) is 47.8 Å². The SMILES string of the molecule is C.Cc1cc(C)c(N2CC[NH+]3CCN(c4c(C)cc(C)cc4C)[C-]23)c(C)c1. The molecule has 2 heterocycles.